The number of aliphatic hydroxyl groups excluding tert-OH is 1. The van der Waals surface area contributed by atoms with Gasteiger partial charge in [-0.25, -0.2) is 0 Å². The molecule has 0 heterocycles. The standard InChI is InChI=1S/C13H21NO2/c1-4-9-16-13-8-6-5-7-11(13)12(15)10-14(2)3/h5-8,12,15H,4,9-10H2,1-3H3. The molecule has 0 fully saturated rings. The van der Waals surface area contributed by atoms with E-state index in [1.54, 1.807) is 0 Å². The van der Waals surface area contributed by atoms with Crippen molar-refractivity contribution in [2.75, 3.05) is 27.2 Å². The maximum atomic E-state index is 10.0. The van der Waals surface area contributed by atoms with Crippen molar-refractivity contribution in [1.29, 1.82) is 0 Å². The first-order valence-corrected chi connectivity index (χ1v) is 5.69. The van der Waals surface area contributed by atoms with E-state index in [1.807, 2.05) is 43.3 Å². The van der Waals surface area contributed by atoms with E-state index in [-0.39, 0.29) is 0 Å². The van der Waals surface area contributed by atoms with Gasteiger partial charge in [0.1, 0.15) is 5.75 Å². The number of aliphatic hydroxyl groups is 1. The van der Waals surface area contributed by atoms with Gasteiger partial charge >= 0.3 is 0 Å². The van der Waals surface area contributed by atoms with Crippen molar-refractivity contribution in [3.8, 4) is 5.75 Å². The van der Waals surface area contributed by atoms with Gasteiger partial charge in [-0.15, -0.1) is 0 Å². The molecular weight excluding hydrogens is 202 g/mol. The van der Waals surface area contributed by atoms with Gasteiger partial charge in [-0.05, 0) is 26.6 Å². The van der Waals surface area contributed by atoms with Gasteiger partial charge in [0.25, 0.3) is 0 Å². The van der Waals surface area contributed by atoms with Crippen molar-refractivity contribution in [3.63, 3.8) is 0 Å². The van der Waals surface area contributed by atoms with E-state index in [2.05, 4.69) is 6.92 Å². The molecule has 0 bridgehead atoms. The Labute approximate surface area is 97.7 Å². The minimum atomic E-state index is -0.497. The molecule has 1 atom stereocenters. The number of benzene rings is 1. The summed E-state index contributed by atoms with van der Waals surface area (Å²) in [5, 5.41) is 10.0. The fourth-order valence-corrected chi connectivity index (χ4v) is 1.54. The highest BCUT2D eigenvalue weighted by atomic mass is 16.5. The van der Waals surface area contributed by atoms with Gasteiger partial charge in [-0.2, -0.15) is 0 Å². The molecule has 0 aromatic heterocycles. The average Bonchev–Trinajstić information content (AvgIpc) is 2.25. The first-order valence-electron chi connectivity index (χ1n) is 5.69. The van der Waals surface area contributed by atoms with E-state index in [1.165, 1.54) is 0 Å². The summed E-state index contributed by atoms with van der Waals surface area (Å²) in [4.78, 5) is 1.96. The third-order valence-electron chi connectivity index (χ3n) is 2.28. The second kappa shape index (κ2) is 6.51. The van der Waals surface area contributed by atoms with Crippen LogP contribution in [-0.2, 0) is 0 Å². The molecule has 90 valence electrons. The fourth-order valence-electron chi connectivity index (χ4n) is 1.54. The molecule has 1 aromatic rings. The second-order valence-corrected chi connectivity index (χ2v) is 4.16. The Morgan fingerprint density at radius 3 is 2.62 bits per heavy atom. The normalized spacial score (nSPS) is 12.8. The smallest absolute Gasteiger partial charge is 0.125 e. The molecule has 0 radical (unpaired) electrons. The van der Waals surface area contributed by atoms with E-state index in [0.29, 0.717) is 13.2 Å². The first-order chi connectivity index (χ1) is 7.65. The Balaban J connectivity index is 2.76. The Hall–Kier alpha value is -1.06. The van der Waals surface area contributed by atoms with Crippen LogP contribution in [0.1, 0.15) is 25.0 Å². The zero-order valence-electron chi connectivity index (χ0n) is 10.3. The minimum absolute atomic E-state index is 0.497. The van der Waals surface area contributed by atoms with Crippen LogP contribution in [-0.4, -0.2) is 37.3 Å². The van der Waals surface area contributed by atoms with Gasteiger partial charge in [-0.1, -0.05) is 25.1 Å². The zero-order chi connectivity index (χ0) is 12.0. The lowest BCUT2D eigenvalue weighted by Crippen LogP contribution is -2.20. The minimum Gasteiger partial charge on any atom is -0.493 e. The number of likely N-dealkylation sites (N-methyl/N-ethyl adjacent to an activating group) is 1. The Morgan fingerprint density at radius 2 is 2.00 bits per heavy atom. The SMILES string of the molecule is CCCOc1ccccc1C(O)CN(C)C. The highest BCUT2D eigenvalue weighted by molar-refractivity contribution is 5.35. The molecule has 3 nitrogen and oxygen atoms in total. The highest BCUT2D eigenvalue weighted by Gasteiger charge is 2.13. The lowest BCUT2D eigenvalue weighted by molar-refractivity contribution is 0.134. The van der Waals surface area contributed by atoms with Crippen LogP contribution >= 0.6 is 0 Å². The van der Waals surface area contributed by atoms with Gasteiger partial charge in [0.05, 0.1) is 12.7 Å². The molecule has 1 aromatic carbocycles. The molecule has 1 rings (SSSR count). The third kappa shape index (κ3) is 3.83. The quantitative estimate of drug-likeness (QED) is 0.801. The number of para-hydroxylation sites is 1. The number of hydrogen-bond acceptors (Lipinski definition) is 3. The topological polar surface area (TPSA) is 32.7 Å². The van der Waals surface area contributed by atoms with Gasteiger partial charge < -0.3 is 14.7 Å². The van der Waals surface area contributed by atoms with Gasteiger partial charge in [0, 0.05) is 12.1 Å². The van der Waals surface area contributed by atoms with Crippen molar-refractivity contribution in [3.05, 3.63) is 29.8 Å². The Kier molecular flexibility index (Phi) is 5.29. The van der Waals surface area contributed by atoms with Crippen LogP contribution in [0.15, 0.2) is 24.3 Å². The zero-order valence-corrected chi connectivity index (χ0v) is 10.3. The fraction of sp³-hybridized carbons (Fsp3) is 0.538. The van der Waals surface area contributed by atoms with Crippen LogP contribution in [0.3, 0.4) is 0 Å². The number of ether oxygens (including phenoxy) is 1. The lowest BCUT2D eigenvalue weighted by Gasteiger charge is -2.19. The molecule has 0 saturated heterocycles. The van der Waals surface area contributed by atoms with Crippen molar-refractivity contribution >= 4 is 0 Å². The summed E-state index contributed by atoms with van der Waals surface area (Å²) in [5.41, 5.74) is 0.865. The average molecular weight is 223 g/mol. The summed E-state index contributed by atoms with van der Waals surface area (Å²) in [6, 6.07) is 7.67. The van der Waals surface area contributed by atoms with E-state index in [4.69, 9.17) is 4.74 Å². The number of rotatable bonds is 6. The molecule has 0 spiro atoms. The molecule has 0 aliphatic heterocycles. The molecule has 0 aliphatic carbocycles. The monoisotopic (exact) mass is 223 g/mol. The number of hydrogen-bond donors (Lipinski definition) is 1. The lowest BCUT2D eigenvalue weighted by atomic mass is 10.1. The molecule has 3 heteroatoms. The second-order valence-electron chi connectivity index (χ2n) is 4.16. The summed E-state index contributed by atoms with van der Waals surface area (Å²) in [5.74, 6) is 0.790. The third-order valence-corrected chi connectivity index (χ3v) is 2.28. The van der Waals surface area contributed by atoms with Gasteiger partial charge in [0.2, 0.25) is 0 Å². The summed E-state index contributed by atoms with van der Waals surface area (Å²) < 4.78 is 5.61. The van der Waals surface area contributed by atoms with Crippen LogP contribution in [0.2, 0.25) is 0 Å². The highest BCUT2D eigenvalue weighted by Crippen LogP contribution is 2.25. The van der Waals surface area contributed by atoms with Crippen molar-refractivity contribution < 1.29 is 9.84 Å². The van der Waals surface area contributed by atoms with E-state index in [9.17, 15) is 5.11 Å². The Morgan fingerprint density at radius 1 is 1.31 bits per heavy atom. The molecule has 1 N–H and O–H groups in total. The molecule has 0 saturated carbocycles. The number of nitrogens with zero attached hydrogens (tertiary/aromatic N) is 1. The summed E-state index contributed by atoms with van der Waals surface area (Å²) in [7, 11) is 3.89. The predicted octanol–water partition coefficient (Wildman–Crippen LogP) is 2.07. The largest absolute Gasteiger partial charge is 0.493 e. The first kappa shape index (κ1) is 13.0. The summed E-state index contributed by atoms with van der Waals surface area (Å²) in [6.07, 6.45) is 0.473. The van der Waals surface area contributed by atoms with E-state index >= 15 is 0 Å². The van der Waals surface area contributed by atoms with Crippen LogP contribution < -0.4 is 4.74 Å². The molecule has 1 unspecified atom stereocenters. The van der Waals surface area contributed by atoms with Crippen molar-refractivity contribution in [2.45, 2.75) is 19.4 Å². The Bertz CT molecular complexity index is 313. The molecule has 0 aliphatic rings. The predicted molar refractivity (Wildman–Crippen MR) is 65.7 cm³/mol. The maximum Gasteiger partial charge on any atom is 0.125 e. The van der Waals surface area contributed by atoms with Crippen LogP contribution in [0.5, 0.6) is 5.75 Å². The summed E-state index contributed by atoms with van der Waals surface area (Å²) >= 11 is 0. The van der Waals surface area contributed by atoms with Crippen molar-refractivity contribution in [2.24, 2.45) is 0 Å². The van der Waals surface area contributed by atoms with Crippen LogP contribution in [0.4, 0.5) is 0 Å². The van der Waals surface area contributed by atoms with Gasteiger partial charge in [-0.3, -0.25) is 0 Å². The van der Waals surface area contributed by atoms with Crippen molar-refractivity contribution in [1.82, 2.24) is 4.90 Å². The van der Waals surface area contributed by atoms with E-state index < -0.39 is 6.10 Å². The van der Waals surface area contributed by atoms with Crippen LogP contribution in [0.25, 0.3) is 0 Å². The van der Waals surface area contributed by atoms with Crippen LogP contribution in [0, 0.1) is 0 Å². The molecule has 0 amide bonds. The summed E-state index contributed by atoms with van der Waals surface area (Å²) in [6.45, 7) is 3.36. The molecular formula is C13H21NO2. The molecule has 16 heavy (non-hydrogen) atoms. The van der Waals surface area contributed by atoms with E-state index in [0.717, 1.165) is 17.7 Å². The maximum absolute atomic E-state index is 10.0. The van der Waals surface area contributed by atoms with Gasteiger partial charge in [0.15, 0.2) is 0 Å².